The molecule has 0 bridgehead atoms. The monoisotopic (exact) mass is 359 g/mol. The molecule has 0 amide bonds. The summed E-state index contributed by atoms with van der Waals surface area (Å²) in [6, 6.07) is 6.44. The Hall–Kier alpha value is -0.320. The van der Waals surface area contributed by atoms with Crippen LogP contribution >= 0.6 is 31.9 Å². The summed E-state index contributed by atoms with van der Waals surface area (Å²) in [7, 11) is 0. The first-order valence-corrected chi connectivity index (χ1v) is 7.31. The summed E-state index contributed by atoms with van der Waals surface area (Å²) in [5, 5.41) is 3.46. The minimum atomic E-state index is 0.149. The van der Waals surface area contributed by atoms with E-state index in [1.807, 2.05) is 6.07 Å². The SMILES string of the molecule is CCNC(C1=CCCO1)c1cc(Br)cc(Br)c1. The standard InChI is InChI=1S/C13H15Br2NO/c1-2-16-13(12-4-3-5-17-12)9-6-10(14)8-11(15)7-9/h4,6-8,13,16H,2-3,5H2,1H3. The average molecular weight is 361 g/mol. The van der Waals surface area contributed by atoms with E-state index < -0.39 is 0 Å². The Bertz CT molecular complexity index is 411. The van der Waals surface area contributed by atoms with Gasteiger partial charge in [-0.05, 0) is 36.4 Å². The number of rotatable bonds is 4. The number of hydrogen-bond donors (Lipinski definition) is 1. The van der Waals surface area contributed by atoms with Crippen LogP contribution in [-0.4, -0.2) is 13.2 Å². The zero-order chi connectivity index (χ0) is 12.3. The second-order valence-electron chi connectivity index (χ2n) is 3.94. The highest BCUT2D eigenvalue weighted by molar-refractivity contribution is 9.11. The van der Waals surface area contributed by atoms with E-state index in [2.05, 4.69) is 62.3 Å². The lowest BCUT2D eigenvalue weighted by molar-refractivity contribution is 0.216. The van der Waals surface area contributed by atoms with Gasteiger partial charge in [-0.1, -0.05) is 38.8 Å². The van der Waals surface area contributed by atoms with E-state index in [-0.39, 0.29) is 6.04 Å². The fourth-order valence-electron chi connectivity index (χ4n) is 1.97. The molecule has 0 radical (unpaired) electrons. The van der Waals surface area contributed by atoms with E-state index in [0.29, 0.717) is 0 Å². The molecule has 1 aliphatic rings. The van der Waals surface area contributed by atoms with Crippen molar-refractivity contribution in [3.8, 4) is 0 Å². The second kappa shape index (κ2) is 6.03. The van der Waals surface area contributed by atoms with Crippen LogP contribution in [0, 0.1) is 0 Å². The molecule has 1 heterocycles. The van der Waals surface area contributed by atoms with Gasteiger partial charge in [0.25, 0.3) is 0 Å². The molecule has 0 fully saturated rings. The minimum Gasteiger partial charge on any atom is -0.496 e. The third-order valence-corrected chi connectivity index (χ3v) is 3.56. The van der Waals surface area contributed by atoms with Crippen molar-refractivity contribution < 1.29 is 4.74 Å². The summed E-state index contributed by atoms with van der Waals surface area (Å²) in [5.74, 6) is 1.04. The predicted octanol–water partition coefficient (Wildman–Crippen LogP) is 4.17. The topological polar surface area (TPSA) is 21.3 Å². The smallest absolute Gasteiger partial charge is 0.114 e. The molecule has 1 aromatic rings. The lowest BCUT2D eigenvalue weighted by Gasteiger charge is -2.20. The lowest BCUT2D eigenvalue weighted by atomic mass is 10.0. The quantitative estimate of drug-likeness (QED) is 0.870. The summed E-state index contributed by atoms with van der Waals surface area (Å²) < 4.78 is 7.81. The Labute approximate surface area is 119 Å². The van der Waals surface area contributed by atoms with E-state index in [4.69, 9.17) is 4.74 Å². The lowest BCUT2D eigenvalue weighted by Crippen LogP contribution is -2.23. The van der Waals surface area contributed by atoms with E-state index in [1.54, 1.807) is 0 Å². The van der Waals surface area contributed by atoms with E-state index >= 15 is 0 Å². The first-order valence-electron chi connectivity index (χ1n) is 5.73. The molecule has 0 saturated heterocycles. The molecule has 17 heavy (non-hydrogen) atoms. The molecule has 2 nitrogen and oxygen atoms in total. The number of ether oxygens (including phenoxy) is 1. The van der Waals surface area contributed by atoms with Gasteiger partial charge < -0.3 is 10.1 Å². The molecule has 0 aromatic heterocycles. The zero-order valence-corrected chi connectivity index (χ0v) is 12.8. The molecular formula is C13H15Br2NO. The van der Waals surface area contributed by atoms with Crippen LogP contribution in [0.25, 0.3) is 0 Å². The molecule has 0 saturated carbocycles. The highest BCUT2D eigenvalue weighted by Crippen LogP contribution is 2.30. The van der Waals surface area contributed by atoms with E-state index in [1.165, 1.54) is 5.56 Å². The van der Waals surface area contributed by atoms with Crippen molar-refractivity contribution in [3.05, 3.63) is 44.5 Å². The summed E-state index contributed by atoms with van der Waals surface area (Å²) >= 11 is 7.05. The summed E-state index contributed by atoms with van der Waals surface area (Å²) in [6.45, 7) is 3.82. The second-order valence-corrected chi connectivity index (χ2v) is 5.77. The first kappa shape index (κ1) is 13.1. The minimum absolute atomic E-state index is 0.149. The van der Waals surface area contributed by atoms with Crippen molar-refractivity contribution in [1.29, 1.82) is 0 Å². The van der Waals surface area contributed by atoms with Crippen molar-refractivity contribution >= 4 is 31.9 Å². The number of benzene rings is 1. The highest BCUT2D eigenvalue weighted by Gasteiger charge is 2.20. The Morgan fingerprint density at radius 2 is 2.00 bits per heavy atom. The van der Waals surface area contributed by atoms with Gasteiger partial charge in [0.05, 0.1) is 12.6 Å². The van der Waals surface area contributed by atoms with Gasteiger partial charge in [0.15, 0.2) is 0 Å². The molecule has 92 valence electrons. The zero-order valence-electron chi connectivity index (χ0n) is 9.67. The third-order valence-electron chi connectivity index (χ3n) is 2.64. The maximum Gasteiger partial charge on any atom is 0.114 e. The van der Waals surface area contributed by atoms with Crippen molar-refractivity contribution in [3.63, 3.8) is 0 Å². The van der Waals surface area contributed by atoms with Crippen molar-refractivity contribution in [2.75, 3.05) is 13.2 Å². The summed E-state index contributed by atoms with van der Waals surface area (Å²) in [6.07, 6.45) is 3.18. The third kappa shape index (κ3) is 3.33. The van der Waals surface area contributed by atoms with Crippen LogP contribution in [0.1, 0.15) is 24.9 Å². The summed E-state index contributed by atoms with van der Waals surface area (Å²) in [5.41, 5.74) is 1.21. The number of hydrogen-bond acceptors (Lipinski definition) is 2. The van der Waals surface area contributed by atoms with Crippen LogP contribution in [0.3, 0.4) is 0 Å². The van der Waals surface area contributed by atoms with E-state index in [0.717, 1.165) is 34.3 Å². The van der Waals surface area contributed by atoms with Gasteiger partial charge in [-0.2, -0.15) is 0 Å². The van der Waals surface area contributed by atoms with Crippen LogP contribution < -0.4 is 5.32 Å². The maximum absolute atomic E-state index is 5.67. The molecule has 4 heteroatoms. The fourth-order valence-corrected chi connectivity index (χ4v) is 3.30. The molecule has 1 aromatic carbocycles. The van der Waals surface area contributed by atoms with Gasteiger partial charge in [0.2, 0.25) is 0 Å². The van der Waals surface area contributed by atoms with Gasteiger partial charge in [0, 0.05) is 15.4 Å². The number of halogens is 2. The van der Waals surface area contributed by atoms with Gasteiger partial charge >= 0.3 is 0 Å². The predicted molar refractivity (Wildman–Crippen MR) is 76.9 cm³/mol. The number of nitrogens with one attached hydrogen (secondary N) is 1. The summed E-state index contributed by atoms with van der Waals surface area (Å²) in [4.78, 5) is 0. The molecule has 0 spiro atoms. The van der Waals surface area contributed by atoms with Crippen molar-refractivity contribution in [2.24, 2.45) is 0 Å². The number of likely N-dealkylation sites (N-methyl/N-ethyl adjacent to an activating group) is 1. The van der Waals surface area contributed by atoms with Crippen LogP contribution in [0.2, 0.25) is 0 Å². The average Bonchev–Trinajstić information content (AvgIpc) is 2.77. The van der Waals surface area contributed by atoms with Gasteiger partial charge in [-0.15, -0.1) is 0 Å². The molecular weight excluding hydrogens is 346 g/mol. The van der Waals surface area contributed by atoms with Crippen molar-refractivity contribution in [2.45, 2.75) is 19.4 Å². The Balaban J connectivity index is 2.31. The van der Waals surface area contributed by atoms with Gasteiger partial charge in [-0.25, -0.2) is 0 Å². The van der Waals surface area contributed by atoms with Crippen molar-refractivity contribution in [1.82, 2.24) is 5.32 Å². The Morgan fingerprint density at radius 1 is 1.29 bits per heavy atom. The molecule has 2 rings (SSSR count). The molecule has 1 atom stereocenters. The molecule has 1 N–H and O–H groups in total. The van der Waals surface area contributed by atoms with Crippen LogP contribution in [0.4, 0.5) is 0 Å². The van der Waals surface area contributed by atoms with Crippen LogP contribution in [-0.2, 0) is 4.74 Å². The largest absolute Gasteiger partial charge is 0.496 e. The highest BCUT2D eigenvalue weighted by atomic mass is 79.9. The van der Waals surface area contributed by atoms with E-state index in [9.17, 15) is 0 Å². The van der Waals surface area contributed by atoms with Gasteiger partial charge in [-0.3, -0.25) is 0 Å². The molecule has 1 unspecified atom stereocenters. The van der Waals surface area contributed by atoms with Crippen LogP contribution in [0.15, 0.2) is 39.0 Å². The molecule has 1 aliphatic heterocycles. The Kier molecular flexibility index (Phi) is 4.65. The molecule has 0 aliphatic carbocycles. The maximum atomic E-state index is 5.67. The van der Waals surface area contributed by atoms with Gasteiger partial charge in [0.1, 0.15) is 5.76 Å². The fraction of sp³-hybridized carbons (Fsp3) is 0.385. The van der Waals surface area contributed by atoms with Crippen LogP contribution in [0.5, 0.6) is 0 Å². The normalized spacial score (nSPS) is 16.5. The first-order chi connectivity index (χ1) is 8.20. The Morgan fingerprint density at radius 3 is 2.53 bits per heavy atom.